The van der Waals surface area contributed by atoms with Crippen LogP contribution in [-0.4, -0.2) is 94.4 Å². The molecule has 3 atom stereocenters. The first-order valence-electron chi connectivity index (χ1n) is 11.1. The van der Waals surface area contributed by atoms with Gasteiger partial charge in [-0.1, -0.05) is 30.1 Å². The molecule has 17 heteroatoms. The zero-order valence-corrected chi connectivity index (χ0v) is 22.8. The Kier molecular flexibility index (Phi) is 14.4. The van der Waals surface area contributed by atoms with Gasteiger partial charge in [0.1, 0.15) is 36.0 Å². The van der Waals surface area contributed by atoms with Crippen molar-refractivity contribution >= 4 is 70.7 Å². The lowest BCUT2D eigenvalue weighted by atomic mass is 9.97. The van der Waals surface area contributed by atoms with Crippen molar-refractivity contribution < 1.29 is 53.6 Å². The number of alkyl carbamates (subject to hydrolysis) is 1. The fraction of sp³-hybridized carbons (Fsp3) is 0.455. The van der Waals surface area contributed by atoms with Gasteiger partial charge in [-0.05, 0) is 18.6 Å². The van der Waals surface area contributed by atoms with Crippen LogP contribution in [0.25, 0.3) is 0 Å². The predicted molar refractivity (Wildman–Crippen MR) is 140 cm³/mol. The molecule has 1 aromatic rings. The highest BCUT2D eigenvalue weighted by atomic mass is 35.5. The van der Waals surface area contributed by atoms with Crippen LogP contribution >= 0.6 is 35.0 Å². The first-order chi connectivity index (χ1) is 18.3. The summed E-state index contributed by atoms with van der Waals surface area (Å²) in [6.07, 6.45) is -0.798. The number of Topliss-reactive ketones (excluding diaryl/α,β-unsaturated/α-hetero) is 1. The molecular weight excluding hydrogens is 585 g/mol. The SMILES string of the molecule is CCC(CSCC(NC(=O)OCC(N)C(=O)O)C(=O)NCC(=O)O)C(=O)c1ccc(OCC(=O)O)c(Cl)c1Cl. The number of aliphatic carboxylic acids is 3. The van der Waals surface area contributed by atoms with Gasteiger partial charge in [-0.2, -0.15) is 11.8 Å². The van der Waals surface area contributed by atoms with E-state index in [1.165, 1.54) is 12.1 Å². The van der Waals surface area contributed by atoms with Gasteiger partial charge in [0.05, 0.1) is 5.02 Å². The third-order valence-electron chi connectivity index (χ3n) is 4.86. The minimum absolute atomic E-state index is 0.0134. The molecule has 0 radical (unpaired) electrons. The Balaban J connectivity index is 2.89. The molecule has 216 valence electrons. The highest BCUT2D eigenvalue weighted by molar-refractivity contribution is 7.99. The number of hydrogen-bond acceptors (Lipinski definition) is 10. The third-order valence-corrected chi connectivity index (χ3v) is 6.94. The van der Waals surface area contributed by atoms with Crippen LogP contribution in [0.4, 0.5) is 4.79 Å². The number of nitrogens with one attached hydrogen (secondary N) is 2. The minimum Gasteiger partial charge on any atom is -0.480 e. The second-order valence-electron chi connectivity index (χ2n) is 7.78. The van der Waals surface area contributed by atoms with Crippen LogP contribution in [0.5, 0.6) is 5.75 Å². The summed E-state index contributed by atoms with van der Waals surface area (Å²) < 4.78 is 9.73. The normalized spacial score (nSPS) is 12.9. The van der Waals surface area contributed by atoms with Crippen molar-refractivity contribution in [2.24, 2.45) is 11.7 Å². The second-order valence-corrected chi connectivity index (χ2v) is 9.61. The second kappa shape index (κ2) is 16.6. The number of benzene rings is 1. The van der Waals surface area contributed by atoms with Crippen molar-refractivity contribution in [3.05, 3.63) is 27.7 Å². The summed E-state index contributed by atoms with van der Waals surface area (Å²) in [4.78, 5) is 69.8. The number of carbonyl (C=O) groups is 6. The van der Waals surface area contributed by atoms with E-state index in [0.717, 1.165) is 11.8 Å². The zero-order chi connectivity index (χ0) is 29.7. The van der Waals surface area contributed by atoms with Gasteiger partial charge in [-0.3, -0.25) is 19.2 Å². The number of amides is 2. The van der Waals surface area contributed by atoms with Crippen molar-refractivity contribution in [1.29, 1.82) is 0 Å². The average Bonchev–Trinajstić information content (AvgIpc) is 2.87. The Morgan fingerprint density at radius 2 is 1.69 bits per heavy atom. The predicted octanol–water partition coefficient (Wildman–Crippen LogP) is 1.11. The summed E-state index contributed by atoms with van der Waals surface area (Å²) in [6, 6.07) is -0.111. The molecule has 7 N–H and O–H groups in total. The standard InChI is InChI=1S/C22H27Cl2N3O11S/c1-2-10(19(32)11-3-4-14(18(24)17(11)23)37-7-16(30)31)8-39-9-13(20(33)26-5-15(28)29)27-22(36)38-6-12(25)21(34)35/h3-4,10,12-13H,2,5-9,25H2,1H3,(H,26,33)(H,27,36)(H,28,29)(H,30,31)(H,34,35). The molecule has 0 fully saturated rings. The van der Waals surface area contributed by atoms with E-state index in [1.807, 2.05) is 0 Å². The Morgan fingerprint density at radius 1 is 1.03 bits per heavy atom. The Morgan fingerprint density at radius 3 is 2.26 bits per heavy atom. The molecule has 0 bridgehead atoms. The van der Waals surface area contributed by atoms with Crippen molar-refractivity contribution in [1.82, 2.24) is 10.6 Å². The summed E-state index contributed by atoms with van der Waals surface area (Å²) in [7, 11) is 0. The van der Waals surface area contributed by atoms with Crippen LogP contribution in [0.15, 0.2) is 12.1 Å². The molecule has 39 heavy (non-hydrogen) atoms. The number of carbonyl (C=O) groups excluding carboxylic acids is 3. The van der Waals surface area contributed by atoms with E-state index in [2.05, 4.69) is 10.6 Å². The number of thioether (sulfide) groups is 1. The van der Waals surface area contributed by atoms with Crippen molar-refractivity contribution in [2.45, 2.75) is 25.4 Å². The maximum absolute atomic E-state index is 13.1. The number of carboxylic acids is 3. The minimum atomic E-state index is -1.49. The van der Waals surface area contributed by atoms with Crippen molar-refractivity contribution in [2.75, 3.05) is 31.3 Å². The summed E-state index contributed by atoms with van der Waals surface area (Å²) in [5.74, 6) is -5.77. The molecule has 0 aliphatic carbocycles. The fourth-order valence-corrected chi connectivity index (χ4v) is 4.54. The third kappa shape index (κ3) is 11.6. The van der Waals surface area contributed by atoms with E-state index in [1.54, 1.807) is 6.92 Å². The van der Waals surface area contributed by atoms with Crippen LogP contribution in [0.2, 0.25) is 10.0 Å². The molecular formula is C22H27Cl2N3O11S. The topological polar surface area (TPSA) is 232 Å². The molecule has 1 aromatic carbocycles. The van der Waals surface area contributed by atoms with Gasteiger partial charge in [-0.15, -0.1) is 0 Å². The van der Waals surface area contributed by atoms with Gasteiger partial charge in [0.2, 0.25) is 5.91 Å². The zero-order valence-electron chi connectivity index (χ0n) is 20.5. The molecule has 0 aliphatic heterocycles. The first-order valence-corrected chi connectivity index (χ1v) is 13.0. The summed E-state index contributed by atoms with van der Waals surface area (Å²) in [5, 5.41) is 30.4. The highest BCUT2D eigenvalue weighted by Crippen LogP contribution is 2.36. The summed E-state index contributed by atoms with van der Waals surface area (Å²) in [6.45, 7) is -0.316. The molecule has 0 saturated carbocycles. The molecule has 2 amide bonds. The lowest BCUT2D eigenvalue weighted by molar-refractivity contribution is -0.140. The van der Waals surface area contributed by atoms with E-state index in [9.17, 15) is 28.8 Å². The van der Waals surface area contributed by atoms with Gasteiger partial charge in [0.15, 0.2) is 12.4 Å². The number of nitrogens with two attached hydrogens (primary N) is 1. The first kappa shape index (κ1) is 33.8. The lowest BCUT2D eigenvalue weighted by Crippen LogP contribution is -2.50. The maximum atomic E-state index is 13.1. The van der Waals surface area contributed by atoms with Crippen molar-refractivity contribution in [3.8, 4) is 5.75 Å². The molecule has 0 heterocycles. The molecule has 1 rings (SSSR count). The Hall–Kier alpha value is -3.27. The molecule has 0 saturated heterocycles. The van der Waals surface area contributed by atoms with Crippen LogP contribution in [-0.2, 0) is 23.9 Å². The van der Waals surface area contributed by atoms with Gasteiger partial charge in [0.25, 0.3) is 0 Å². The molecule has 0 aliphatic rings. The quantitative estimate of drug-likeness (QED) is 0.136. The van der Waals surface area contributed by atoms with Gasteiger partial charge < -0.3 is 41.2 Å². The number of halogens is 2. The summed E-state index contributed by atoms with van der Waals surface area (Å²) >= 11 is 13.5. The smallest absolute Gasteiger partial charge is 0.407 e. The van der Waals surface area contributed by atoms with Crippen LogP contribution in [0.3, 0.4) is 0 Å². The van der Waals surface area contributed by atoms with Crippen LogP contribution in [0, 0.1) is 5.92 Å². The van der Waals surface area contributed by atoms with E-state index in [-0.39, 0.29) is 38.6 Å². The number of carboxylic acid groups (broad SMARTS) is 3. The number of ketones is 1. The molecule has 0 aromatic heterocycles. The van der Waals surface area contributed by atoms with E-state index < -0.39 is 67.7 Å². The largest absolute Gasteiger partial charge is 0.480 e. The summed E-state index contributed by atoms with van der Waals surface area (Å²) in [5.41, 5.74) is 5.34. The Bertz CT molecular complexity index is 1090. The lowest BCUT2D eigenvalue weighted by Gasteiger charge is -2.20. The van der Waals surface area contributed by atoms with Crippen LogP contribution < -0.4 is 21.1 Å². The van der Waals surface area contributed by atoms with Gasteiger partial charge in [-0.25, -0.2) is 9.59 Å². The van der Waals surface area contributed by atoms with E-state index >= 15 is 0 Å². The fourth-order valence-electron chi connectivity index (χ4n) is 2.79. The van der Waals surface area contributed by atoms with Crippen molar-refractivity contribution in [3.63, 3.8) is 0 Å². The van der Waals surface area contributed by atoms with Crippen LogP contribution in [0.1, 0.15) is 23.7 Å². The number of hydrogen-bond donors (Lipinski definition) is 6. The molecule has 14 nitrogen and oxygen atoms in total. The molecule has 0 spiro atoms. The Labute approximate surface area is 236 Å². The highest BCUT2D eigenvalue weighted by Gasteiger charge is 2.27. The van der Waals surface area contributed by atoms with Gasteiger partial charge >= 0.3 is 24.0 Å². The van der Waals surface area contributed by atoms with E-state index in [0.29, 0.717) is 6.42 Å². The average molecular weight is 612 g/mol. The number of ether oxygens (including phenoxy) is 2. The monoisotopic (exact) mass is 611 g/mol. The molecule has 3 unspecified atom stereocenters. The van der Waals surface area contributed by atoms with E-state index in [4.69, 9.17) is 53.7 Å². The number of rotatable bonds is 17. The van der Waals surface area contributed by atoms with Gasteiger partial charge in [0, 0.05) is 23.0 Å². The maximum Gasteiger partial charge on any atom is 0.407 e.